The Hall–Kier alpha value is -2.67. The molecule has 2 atom stereocenters. The predicted molar refractivity (Wildman–Crippen MR) is 95.2 cm³/mol. The lowest BCUT2D eigenvalue weighted by molar-refractivity contribution is -0.706. The van der Waals surface area contributed by atoms with E-state index in [1.165, 1.54) is 27.9 Å². The summed E-state index contributed by atoms with van der Waals surface area (Å²) in [6, 6.07) is 24.1. The summed E-state index contributed by atoms with van der Waals surface area (Å²) >= 11 is 0. The van der Waals surface area contributed by atoms with Crippen LogP contribution in [0.3, 0.4) is 0 Å². The van der Waals surface area contributed by atoms with Crippen LogP contribution in [0.4, 0.5) is 0 Å². The summed E-state index contributed by atoms with van der Waals surface area (Å²) in [6.45, 7) is 6.34. The van der Waals surface area contributed by atoms with Crippen LogP contribution < -0.4 is 4.57 Å². The van der Waals surface area contributed by atoms with Gasteiger partial charge in [0, 0.05) is 18.1 Å². The Labute approximate surface area is 137 Å². The van der Waals surface area contributed by atoms with E-state index in [-0.39, 0.29) is 0 Å². The van der Waals surface area contributed by atoms with Crippen LogP contribution in [0.1, 0.15) is 24.4 Å². The van der Waals surface area contributed by atoms with Crippen molar-refractivity contribution in [3.8, 4) is 22.4 Å². The Bertz CT molecular complexity index is 864. The van der Waals surface area contributed by atoms with Gasteiger partial charge < -0.3 is 0 Å². The summed E-state index contributed by atoms with van der Waals surface area (Å²) in [6.07, 6.45) is 4.22. The van der Waals surface area contributed by atoms with Gasteiger partial charge in [-0.05, 0) is 34.9 Å². The van der Waals surface area contributed by atoms with E-state index < -0.39 is 0 Å². The van der Waals surface area contributed by atoms with E-state index in [1.807, 2.05) is 0 Å². The third-order valence-electron chi connectivity index (χ3n) is 4.89. The summed E-state index contributed by atoms with van der Waals surface area (Å²) in [4.78, 5) is 0. The van der Waals surface area contributed by atoms with Crippen molar-refractivity contribution < 1.29 is 4.57 Å². The quantitative estimate of drug-likeness (QED) is 0.455. The second kappa shape index (κ2) is 5.51. The third-order valence-corrected chi connectivity index (χ3v) is 4.89. The van der Waals surface area contributed by atoms with Gasteiger partial charge in [0.05, 0.1) is 5.56 Å². The molecule has 1 aromatic heterocycles. The van der Waals surface area contributed by atoms with E-state index in [0.29, 0.717) is 12.0 Å². The molecule has 0 aliphatic carbocycles. The van der Waals surface area contributed by atoms with Crippen LogP contribution in [0.25, 0.3) is 22.4 Å². The summed E-state index contributed by atoms with van der Waals surface area (Å²) in [5.74, 6) is 0.423. The molecule has 1 aliphatic rings. The number of hydrogen-bond acceptors (Lipinski definition) is 0. The molecule has 0 fully saturated rings. The Morgan fingerprint density at radius 2 is 1.70 bits per heavy atom. The number of benzene rings is 2. The van der Waals surface area contributed by atoms with Gasteiger partial charge in [-0.15, -0.1) is 0 Å². The molecule has 0 N–H and O–H groups in total. The van der Waals surface area contributed by atoms with E-state index >= 15 is 0 Å². The molecule has 1 aliphatic heterocycles. The maximum Gasteiger partial charge on any atom is 0.213 e. The lowest BCUT2D eigenvalue weighted by Crippen LogP contribution is -2.45. The van der Waals surface area contributed by atoms with Gasteiger partial charge in [-0.25, -0.2) is 0 Å². The van der Waals surface area contributed by atoms with Gasteiger partial charge in [0.25, 0.3) is 0 Å². The first-order valence-corrected chi connectivity index (χ1v) is 8.12. The smallest absolute Gasteiger partial charge is 0.191 e. The monoisotopic (exact) mass is 298 g/mol. The molecule has 2 aromatic carbocycles. The molecule has 112 valence electrons. The first-order chi connectivity index (χ1) is 11.3. The molecule has 0 saturated heterocycles. The van der Waals surface area contributed by atoms with Crippen LogP contribution >= 0.6 is 0 Å². The first kappa shape index (κ1) is 14.0. The second-order valence-electron chi connectivity index (χ2n) is 6.18. The molecule has 1 nitrogen and oxygen atoms in total. The predicted octanol–water partition coefficient (Wildman–Crippen LogP) is 5.15. The molecule has 2 unspecified atom stereocenters. The van der Waals surface area contributed by atoms with E-state index in [9.17, 15) is 0 Å². The Morgan fingerprint density at radius 1 is 0.913 bits per heavy atom. The Kier molecular flexibility index (Phi) is 3.34. The van der Waals surface area contributed by atoms with Gasteiger partial charge in [-0.2, -0.15) is 4.57 Å². The number of fused-ring (bicyclic) bond motifs is 3. The van der Waals surface area contributed by atoms with Crippen LogP contribution in [-0.4, -0.2) is 0 Å². The molecule has 0 bridgehead atoms. The van der Waals surface area contributed by atoms with Crippen molar-refractivity contribution in [1.29, 1.82) is 0 Å². The van der Waals surface area contributed by atoms with Gasteiger partial charge in [-0.1, -0.05) is 56.0 Å². The highest BCUT2D eigenvalue weighted by atomic mass is 15.0. The van der Waals surface area contributed by atoms with E-state index in [1.54, 1.807) is 0 Å². The van der Waals surface area contributed by atoms with Crippen molar-refractivity contribution in [2.45, 2.75) is 18.9 Å². The fraction of sp³-hybridized carbons (Fsp3) is 0.136. The summed E-state index contributed by atoms with van der Waals surface area (Å²) in [5.41, 5.74) is 6.53. The minimum absolute atomic E-state index is 0.307. The number of hydrogen-bond donors (Lipinski definition) is 0. The molecule has 0 amide bonds. The highest BCUT2D eigenvalue weighted by Gasteiger charge is 2.35. The van der Waals surface area contributed by atoms with E-state index in [4.69, 9.17) is 0 Å². The fourth-order valence-electron chi connectivity index (χ4n) is 3.67. The van der Waals surface area contributed by atoms with Gasteiger partial charge in [0.1, 0.15) is 0 Å². The number of nitrogens with zero attached hydrogens (tertiary/aromatic N) is 1. The topological polar surface area (TPSA) is 3.88 Å². The van der Waals surface area contributed by atoms with Crippen LogP contribution in [0, 0.1) is 0 Å². The van der Waals surface area contributed by atoms with E-state index in [0.717, 1.165) is 0 Å². The van der Waals surface area contributed by atoms with Gasteiger partial charge in [0.2, 0.25) is 5.69 Å². The molecule has 1 heteroatoms. The fourth-order valence-corrected chi connectivity index (χ4v) is 3.67. The van der Waals surface area contributed by atoms with Gasteiger partial charge in [-0.3, -0.25) is 0 Å². The maximum atomic E-state index is 4.05. The van der Waals surface area contributed by atoms with Gasteiger partial charge >= 0.3 is 0 Å². The van der Waals surface area contributed by atoms with Crippen LogP contribution in [0.15, 0.2) is 85.6 Å². The Morgan fingerprint density at radius 3 is 2.48 bits per heavy atom. The van der Waals surface area contributed by atoms with Crippen LogP contribution in [-0.2, 0) is 0 Å². The van der Waals surface area contributed by atoms with Crippen LogP contribution in [0.5, 0.6) is 0 Å². The maximum absolute atomic E-state index is 4.05. The minimum Gasteiger partial charge on any atom is -0.191 e. The highest BCUT2D eigenvalue weighted by Crippen LogP contribution is 2.39. The van der Waals surface area contributed by atoms with Crippen molar-refractivity contribution in [1.82, 2.24) is 0 Å². The van der Waals surface area contributed by atoms with Crippen molar-refractivity contribution in [2.75, 3.05) is 0 Å². The van der Waals surface area contributed by atoms with Gasteiger partial charge in [0.15, 0.2) is 12.2 Å². The largest absolute Gasteiger partial charge is 0.213 e. The van der Waals surface area contributed by atoms with Crippen molar-refractivity contribution in [3.05, 3.63) is 91.1 Å². The summed E-state index contributed by atoms with van der Waals surface area (Å²) < 4.78 is 2.34. The summed E-state index contributed by atoms with van der Waals surface area (Å²) in [5, 5.41) is 0. The zero-order chi connectivity index (χ0) is 15.8. The minimum atomic E-state index is 0.307. The molecule has 3 aromatic rings. The zero-order valence-corrected chi connectivity index (χ0v) is 13.3. The average molecular weight is 298 g/mol. The molecular formula is C22H20N+. The molecule has 4 rings (SSSR count). The number of aromatic nitrogens is 1. The number of pyridine rings is 1. The molecule has 0 radical (unpaired) electrons. The molecule has 2 heterocycles. The molecule has 0 saturated carbocycles. The lowest BCUT2D eigenvalue weighted by Gasteiger charge is -2.26. The first-order valence-electron chi connectivity index (χ1n) is 8.12. The second-order valence-corrected chi connectivity index (χ2v) is 6.18. The summed E-state index contributed by atoms with van der Waals surface area (Å²) in [7, 11) is 0. The molecule has 23 heavy (non-hydrogen) atoms. The normalized spacial score (nSPS) is 18.8. The highest BCUT2D eigenvalue weighted by molar-refractivity contribution is 5.74. The SMILES string of the molecule is C=CC1C(C)c2ccc(-c3ccccc3)cc2-c2cccc[n+]21. The number of allylic oxidation sites excluding steroid dienone is 1. The Balaban J connectivity index is 1.94. The van der Waals surface area contributed by atoms with Crippen molar-refractivity contribution in [2.24, 2.45) is 0 Å². The van der Waals surface area contributed by atoms with Crippen molar-refractivity contribution in [3.63, 3.8) is 0 Å². The average Bonchev–Trinajstić information content (AvgIpc) is 2.63. The third kappa shape index (κ3) is 2.20. The van der Waals surface area contributed by atoms with E-state index in [2.05, 4.69) is 97.1 Å². The lowest BCUT2D eigenvalue weighted by atomic mass is 9.83. The standard InChI is InChI=1S/C22H20N/c1-3-21-16(2)19-13-12-18(17-9-5-4-6-10-17)15-20(19)22-11-7-8-14-23(21)22/h3-16,21H,1H2,2H3/q+1. The zero-order valence-electron chi connectivity index (χ0n) is 13.3. The molecular weight excluding hydrogens is 278 g/mol. The van der Waals surface area contributed by atoms with Crippen LogP contribution in [0.2, 0.25) is 0 Å². The van der Waals surface area contributed by atoms with Crippen molar-refractivity contribution >= 4 is 0 Å². The number of rotatable bonds is 2. The molecule has 0 spiro atoms.